The maximum absolute atomic E-state index is 12.8. The number of amides is 2. The van der Waals surface area contributed by atoms with Crippen molar-refractivity contribution in [3.63, 3.8) is 0 Å². The second kappa shape index (κ2) is 8.55. The quantitative estimate of drug-likeness (QED) is 0.842. The summed E-state index contributed by atoms with van der Waals surface area (Å²) in [5.41, 5.74) is 3.70. The molecule has 1 fully saturated rings. The summed E-state index contributed by atoms with van der Waals surface area (Å²) in [6, 6.07) is 9.29. The Hall–Kier alpha value is -2.69. The van der Waals surface area contributed by atoms with Crippen LogP contribution in [-0.2, 0) is 0 Å². The lowest BCUT2D eigenvalue weighted by molar-refractivity contribution is 0.0697. The highest BCUT2D eigenvalue weighted by molar-refractivity contribution is 6.05. The van der Waals surface area contributed by atoms with Crippen molar-refractivity contribution < 1.29 is 9.59 Å². The number of nitrogens with zero attached hydrogens (tertiary/aromatic N) is 2. The number of aromatic nitrogens is 1. The molecular formula is C23H29N3O2. The molecule has 0 unspecified atom stereocenters. The molecule has 1 saturated heterocycles. The average molecular weight is 380 g/mol. The fraction of sp³-hybridized carbons (Fsp3) is 0.435. The Labute approximate surface area is 167 Å². The Bertz CT molecular complexity index is 868. The lowest BCUT2D eigenvalue weighted by Crippen LogP contribution is -2.38. The van der Waals surface area contributed by atoms with Crippen LogP contribution in [0.5, 0.6) is 0 Å². The third-order valence-electron chi connectivity index (χ3n) is 5.48. The molecule has 2 aromatic rings. The third-order valence-corrected chi connectivity index (χ3v) is 5.48. The van der Waals surface area contributed by atoms with Crippen molar-refractivity contribution in [2.45, 2.75) is 46.5 Å². The number of hydrogen-bond donors (Lipinski definition) is 1. The van der Waals surface area contributed by atoms with E-state index in [1.165, 1.54) is 6.20 Å². The van der Waals surface area contributed by atoms with Gasteiger partial charge in [0.05, 0.1) is 0 Å². The Morgan fingerprint density at radius 3 is 2.57 bits per heavy atom. The van der Waals surface area contributed by atoms with Crippen molar-refractivity contribution in [2.24, 2.45) is 5.92 Å². The standard InChI is InChI=1S/C23H29N3O2/c1-15(2)19-7-5-6-17(4)21(19)25-22(27)20-14-18(8-11-24-20)23(28)26-12-9-16(3)10-13-26/h5-8,11,14-16H,9-10,12-13H2,1-4H3,(H,25,27). The number of piperidine rings is 1. The van der Waals surface area contributed by atoms with E-state index >= 15 is 0 Å². The van der Waals surface area contributed by atoms with Gasteiger partial charge in [0.25, 0.3) is 11.8 Å². The van der Waals surface area contributed by atoms with Gasteiger partial charge in [-0.3, -0.25) is 14.6 Å². The molecule has 3 rings (SSSR count). The van der Waals surface area contributed by atoms with Crippen LogP contribution in [0.3, 0.4) is 0 Å². The first-order valence-corrected chi connectivity index (χ1v) is 10.0. The van der Waals surface area contributed by atoms with Crippen molar-refractivity contribution >= 4 is 17.5 Å². The van der Waals surface area contributed by atoms with Crippen molar-refractivity contribution in [3.05, 3.63) is 58.9 Å². The number of rotatable bonds is 4. The van der Waals surface area contributed by atoms with E-state index in [-0.39, 0.29) is 23.4 Å². The first kappa shape index (κ1) is 20.1. The van der Waals surface area contributed by atoms with Crippen molar-refractivity contribution in [2.75, 3.05) is 18.4 Å². The molecule has 1 aliphatic rings. The number of likely N-dealkylation sites (tertiary alicyclic amines) is 1. The van der Waals surface area contributed by atoms with Crippen LogP contribution in [-0.4, -0.2) is 34.8 Å². The first-order valence-electron chi connectivity index (χ1n) is 10.0. The zero-order valence-corrected chi connectivity index (χ0v) is 17.2. The molecule has 0 radical (unpaired) electrons. The highest BCUT2D eigenvalue weighted by Crippen LogP contribution is 2.28. The molecule has 0 spiro atoms. The van der Waals surface area contributed by atoms with Gasteiger partial charge in [-0.15, -0.1) is 0 Å². The monoisotopic (exact) mass is 379 g/mol. The van der Waals surface area contributed by atoms with Crippen LogP contribution in [0.15, 0.2) is 36.5 Å². The summed E-state index contributed by atoms with van der Waals surface area (Å²) < 4.78 is 0. The minimum Gasteiger partial charge on any atom is -0.339 e. The van der Waals surface area contributed by atoms with Gasteiger partial charge in [-0.25, -0.2) is 0 Å². The number of carbonyl (C=O) groups excluding carboxylic acids is 2. The molecule has 5 heteroatoms. The second-order valence-corrected chi connectivity index (χ2v) is 8.05. The van der Waals surface area contributed by atoms with Crippen LogP contribution in [0.4, 0.5) is 5.69 Å². The fourth-order valence-corrected chi connectivity index (χ4v) is 3.60. The van der Waals surface area contributed by atoms with Gasteiger partial charge in [0.2, 0.25) is 0 Å². The molecule has 0 saturated carbocycles. The smallest absolute Gasteiger partial charge is 0.274 e. The van der Waals surface area contributed by atoms with Crippen LogP contribution in [0.1, 0.15) is 71.5 Å². The van der Waals surface area contributed by atoms with Gasteiger partial charge in [-0.05, 0) is 54.9 Å². The lowest BCUT2D eigenvalue weighted by atomic mass is 9.98. The predicted octanol–water partition coefficient (Wildman–Crippen LogP) is 4.64. The molecule has 5 nitrogen and oxygen atoms in total. The maximum Gasteiger partial charge on any atom is 0.274 e. The van der Waals surface area contributed by atoms with Crippen LogP contribution in [0, 0.1) is 12.8 Å². The molecule has 28 heavy (non-hydrogen) atoms. The summed E-state index contributed by atoms with van der Waals surface area (Å²) in [6.45, 7) is 9.93. The van der Waals surface area contributed by atoms with Gasteiger partial charge in [-0.1, -0.05) is 39.0 Å². The average Bonchev–Trinajstić information content (AvgIpc) is 2.69. The highest BCUT2D eigenvalue weighted by Gasteiger charge is 2.22. The molecule has 148 valence electrons. The molecule has 1 aromatic heterocycles. The maximum atomic E-state index is 12.8. The molecule has 1 aromatic carbocycles. The normalized spacial score (nSPS) is 15.0. The summed E-state index contributed by atoms with van der Waals surface area (Å²) in [5, 5.41) is 3.00. The summed E-state index contributed by atoms with van der Waals surface area (Å²) in [6.07, 6.45) is 3.58. The predicted molar refractivity (Wildman–Crippen MR) is 112 cm³/mol. The van der Waals surface area contributed by atoms with Crippen LogP contribution in [0.2, 0.25) is 0 Å². The molecular weight excluding hydrogens is 350 g/mol. The van der Waals surface area contributed by atoms with Gasteiger partial charge in [-0.2, -0.15) is 0 Å². The Balaban J connectivity index is 1.79. The van der Waals surface area contributed by atoms with Crippen LogP contribution < -0.4 is 5.32 Å². The molecule has 2 heterocycles. The number of para-hydroxylation sites is 1. The van der Waals surface area contributed by atoms with E-state index in [9.17, 15) is 9.59 Å². The van der Waals surface area contributed by atoms with E-state index in [2.05, 4.69) is 31.1 Å². The SMILES string of the molecule is Cc1cccc(C(C)C)c1NC(=O)c1cc(C(=O)N2CCC(C)CC2)ccn1. The van der Waals surface area contributed by atoms with Gasteiger partial charge in [0, 0.05) is 30.5 Å². The van der Waals surface area contributed by atoms with Crippen LogP contribution >= 0.6 is 0 Å². The minimum atomic E-state index is -0.293. The van der Waals surface area contributed by atoms with E-state index in [0.29, 0.717) is 11.5 Å². The molecule has 0 bridgehead atoms. The Morgan fingerprint density at radius 1 is 1.18 bits per heavy atom. The topological polar surface area (TPSA) is 62.3 Å². The number of carbonyl (C=O) groups is 2. The minimum absolute atomic E-state index is 0.0258. The number of hydrogen-bond acceptors (Lipinski definition) is 3. The van der Waals surface area contributed by atoms with Crippen molar-refractivity contribution in [3.8, 4) is 0 Å². The second-order valence-electron chi connectivity index (χ2n) is 8.05. The number of nitrogens with one attached hydrogen (secondary N) is 1. The van der Waals surface area contributed by atoms with Gasteiger partial charge in [0.15, 0.2) is 0 Å². The van der Waals surface area contributed by atoms with E-state index in [0.717, 1.165) is 42.7 Å². The van der Waals surface area contributed by atoms with E-state index in [4.69, 9.17) is 0 Å². The summed E-state index contributed by atoms with van der Waals surface area (Å²) >= 11 is 0. The number of anilines is 1. The first-order chi connectivity index (χ1) is 13.4. The zero-order chi connectivity index (χ0) is 20.3. The lowest BCUT2D eigenvalue weighted by Gasteiger charge is -2.30. The molecule has 1 N–H and O–H groups in total. The molecule has 0 atom stereocenters. The van der Waals surface area contributed by atoms with Crippen molar-refractivity contribution in [1.29, 1.82) is 0 Å². The number of benzene rings is 1. The molecule has 0 aliphatic carbocycles. The summed E-state index contributed by atoms with van der Waals surface area (Å²) in [5.74, 6) is 0.630. The van der Waals surface area contributed by atoms with Crippen LogP contribution in [0.25, 0.3) is 0 Å². The zero-order valence-electron chi connectivity index (χ0n) is 17.2. The van der Waals surface area contributed by atoms with Crippen molar-refractivity contribution in [1.82, 2.24) is 9.88 Å². The fourth-order valence-electron chi connectivity index (χ4n) is 3.60. The molecule has 1 aliphatic heterocycles. The Kier molecular flexibility index (Phi) is 6.12. The molecule has 2 amide bonds. The van der Waals surface area contributed by atoms with E-state index in [1.54, 1.807) is 12.1 Å². The highest BCUT2D eigenvalue weighted by atomic mass is 16.2. The van der Waals surface area contributed by atoms with E-state index in [1.807, 2.05) is 30.0 Å². The number of aryl methyl sites for hydroxylation is 1. The summed E-state index contributed by atoms with van der Waals surface area (Å²) in [7, 11) is 0. The Morgan fingerprint density at radius 2 is 1.89 bits per heavy atom. The van der Waals surface area contributed by atoms with E-state index < -0.39 is 0 Å². The van der Waals surface area contributed by atoms with Gasteiger partial charge < -0.3 is 10.2 Å². The third kappa shape index (κ3) is 4.41. The largest absolute Gasteiger partial charge is 0.339 e. The van der Waals surface area contributed by atoms with Gasteiger partial charge >= 0.3 is 0 Å². The van der Waals surface area contributed by atoms with Gasteiger partial charge in [0.1, 0.15) is 5.69 Å². The number of pyridine rings is 1. The summed E-state index contributed by atoms with van der Waals surface area (Å²) in [4.78, 5) is 31.7.